The molecule has 6 nitrogen and oxygen atoms in total. The molecule has 2 N–H and O–H groups in total. The average Bonchev–Trinajstić information content (AvgIpc) is 2.18. The van der Waals surface area contributed by atoms with Gasteiger partial charge in [-0.2, -0.15) is 0 Å². The highest BCUT2D eigenvalue weighted by molar-refractivity contribution is 4.49. The van der Waals surface area contributed by atoms with E-state index in [2.05, 4.69) is 0 Å². The summed E-state index contributed by atoms with van der Waals surface area (Å²) in [5.74, 6) is 0. The molecule has 0 radical (unpaired) electrons. The van der Waals surface area contributed by atoms with Gasteiger partial charge in [0.1, 0.15) is 0 Å². The van der Waals surface area contributed by atoms with Gasteiger partial charge in [0.25, 0.3) is 0 Å². The number of hydroxylamine groups is 2. The number of ether oxygens (including phenoxy) is 2. The van der Waals surface area contributed by atoms with Gasteiger partial charge < -0.3 is 9.47 Å². The number of nitrogens with two attached hydrogens (primary N) is 1. The Morgan fingerprint density at radius 2 is 1.27 bits per heavy atom. The third-order valence-corrected chi connectivity index (χ3v) is 1.45. The molecule has 0 aliphatic heterocycles. The van der Waals surface area contributed by atoms with Crippen LogP contribution in [0.3, 0.4) is 0 Å². The van der Waals surface area contributed by atoms with Gasteiger partial charge in [0.15, 0.2) is 0 Å². The van der Waals surface area contributed by atoms with E-state index >= 15 is 0 Å². The fraction of sp³-hybridized carbons (Fsp3) is 1.00. The topological polar surface area (TPSA) is 66.2 Å². The van der Waals surface area contributed by atoms with Crippen LogP contribution in [0.15, 0.2) is 0 Å². The zero-order valence-electron chi connectivity index (χ0n) is 9.99. The molecular weight excluding hydrogens is 200 g/mol. The van der Waals surface area contributed by atoms with E-state index in [4.69, 9.17) is 24.9 Å². The zero-order chi connectivity index (χ0) is 11.7. The maximum absolute atomic E-state index is 5.87. The monoisotopic (exact) mass is 222 g/mol. The summed E-state index contributed by atoms with van der Waals surface area (Å²) in [6, 6.07) is -1.49. The Labute approximate surface area is 91.1 Å². The molecule has 0 spiro atoms. The minimum atomic E-state index is -1.49. The minimum Gasteiger partial charge on any atom is -0.322 e. The number of hydrogen-bond donors (Lipinski definition) is 1. The molecule has 0 aromatic carbocycles. The molecule has 92 valence electrons. The molecule has 0 unspecified atom stereocenters. The first kappa shape index (κ1) is 14.8. The van der Waals surface area contributed by atoms with Crippen LogP contribution in [0.5, 0.6) is 0 Å². The van der Waals surface area contributed by atoms with Crippen molar-refractivity contribution in [2.24, 2.45) is 5.73 Å². The highest BCUT2D eigenvalue weighted by Crippen LogP contribution is 2.14. The lowest BCUT2D eigenvalue weighted by Crippen LogP contribution is -2.59. The molecule has 0 aliphatic rings. The standard InChI is InChI=1S/C9H22N2O4/c1-5-12-9(10,13-6-2)11(14-7-3)15-8-4/h5-8,10H2,1-4H3. The lowest BCUT2D eigenvalue weighted by Gasteiger charge is -2.35. The van der Waals surface area contributed by atoms with Crippen molar-refractivity contribution in [1.82, 2.24) is 5.23 Å². The third kappa shape index (κ3) is 4.87. The van der Waals surface area contributed by atoms with Gasteiger partial charge in [-0.15, -0.1) is 0 Å². The quantitative estimate of drug-likeness (QED) is 0.460. The van der Waals surface area contributed by atoms with Crippen LogP contribution in [0.2, 0.25) is 0 Å². The van der Waals surface area contributed by atoms with E-state index in [0.717, 1.165) is 5.23 Å². The molecule has 0 aromatic rings. The normalized spacial score (nSPS) is 12.4. The maximum Gasteiger partial charge on any atom is 0.338 e. The molecule has 0 amide bonds. The minimum absolute atomic E-state index is 0.396. The SMILES string of the molecule is CCON(OCC)C(N)(OCC)OCC. The van der Waals surface area contributed by atoms with Crippen molar-refractivity contribution in [1.29, 1.82) is 0 Å². The Hall–Kier alpha value is -0.240. The van der Waals surface area contributed by atoms with Crippen LogP contribution >= 0.6 is 0 Å². The second-order valence-electron chi connectivity index (χ2n) is 2.59. The summed E-state index contributed by atoms with van der Waals surface area (Å²) in [7, 11) is 0. The Morgan fingerprint density at radius 3 is 1.53 bits per heavy atom. The summed E-state index contributed by atoms with van der Waals surface area (Å²) >= 11 is 0. The predicted octanol–water partition coefficient (Wildman–Crippen LogP) is 0.834. The van der Waals surface area contributed by atoms with Crippen LogP contribution in [0.25, 0.3) is 0 Å². The number of hydrogen-bond acceptors (Lipinski definition) is 6. The van der Waals surface area contributed by atoms with E-state index in [-0.39, 0.29) is 0 Å². The van der Waals surface area contributed by atoms with E-state index in [9.17, 15) is 0 Å². The van der Waals surface area contributed by atoms with Crippen molar-refractivity contribution in [2.45, 2.75) is 33.7 Å². The van der Waals surface area contributed by atoms with Crippen molar-refractivity contribution in [2.75, 3.05) is 26.4 Å². The van der Waals surface area contributed by atoms with Gasteiger partial charge in [0.2, 0.25) is 0 Å². The van der Waals surface area contributed by atoms with Crippen LogP contribution in [0.4, 0.5) is 0 Å². The summed E-state index contributed by atoms with van der Waals surface area (Å²) in [6.07, 6.45) is 0. The summed E-state index contributed by atoms with van der Waals surface area (Å²) < 4.78 is 10.5. The lowest BCUT2D eigenvalue weighted by molar-refractivity contribution is -0.515. The van der Waals surface area contributed by atoms with Crippen molar-refractivity contribution >= 4 is 0 Å². The number of rotatable bonds is 9. The zero-order valence-corrected chi connectivity index (χ0v) is 9.99. The van der Waals surface area contributed by atoms with Gasteiger partial charge in [-0.3, -0.25) is 15.4 Å². The first-order valence-corrected chi connectivity index (χ1v) is 5.27. The van der Waals surface area contributed by atoms with Crippen LogP contribution in [-0.2, 0) is 19.1 Å². The summed E-state index contributed by atoms with van der Waals surface area (Å²) in [4.78, 5) is 10.4. The molecule has 15 heavy (non-hydrogen) atoms. The first-order valence-electron chi connectivity index (χ1n) is 5.27. The van der Waals surface area contributed by atoms with Crippen molar-refractivity contribution in [3.8, 4) is 0 Å². The molecule has 0 rings (SSSR count). The predicted molar refractivity (Wildman–Crippen MR) is 55.3 cm³/mol. The van der Waals surface area contributed by atoms with Gasteiger partial charge in [-0.05, 0) is 27.7 Å². The summed E-state index contributed by atoms with van der Waals surface area (Å²) in [6.45, 7) is 8.90. The largest absolute Gasteiger partial charge is 0.338 e. The second kappa shape index (κ2) is 7.98. The van der Waals surface area contributed by atoms with Gasteiger partial charge in [-0.1, -0.05) is 0 Å². The molecule has 0 fully saturated rings. The van der Waals surface area contributed by atoms with E-state index in [1.54, 1.807) is 0 Å². The first-order chi connectivity index (χ1) is 7.14. The molecule has 0 saturated heterocycles. The molecule has 0 heterocycles. The van der Waals surface area contributed by atoms with Gasteiger partial charge in [0.05, 0.1) is 26.4 Å². The highest BCUT2D eigenvalue weighted by atomic mass is 17.0. The summed E-state index contributed by atoms with van der Waals surface area (Å²) in [5, 5.41) is 1.06. The summed E-state index contributed by atoms with van der Waals surface area (Å²) in [5.41, 5.74) is 5.87. The van der Waals surface area contributed by atoms with Gasteiger partial charge >= 0.3 is 6.03 Å². The Bertz CT molecular complexity index is 145. The maximum atomic E-state index is 5.87. The Kier molecular flexibility index (Phi) is 7.85. The van der Waals surface area contributed by atoms with Crippen LogP contribution in [0, 0.1) is 0 Å². The van der Waals surface area contributed by atoms with Gasteiger partial charge in [-0.25, -0.2) is 0 Å². The fourth-order valence-corrected chi connectivity index (χ4v) is 1.01. The molecule has 0 aromatic heterocycles. The number of nitrogens with zero attached hydrogens (tertiary/aromatic N) is 1. The average molecular weight is 222 g/mol. The smallest absolute Gasteiger partial charge is 0.322 e. The van der Waals surface area contributed by atoms with Crippen LogP contribution in [0.1, 0.15) is 27.7 Å². The molecule has 0 saturated carbocycles. The van der Waals surface area contributed by atoms with Crippen molar-refractivity contribution < 1.29 is 19.1 Å². The van der Waals surface area contributed by atoms with Crippen molar-refractivity contribution in [3.63, 3.8) is 0 Å². The van der Waals surface area contributed by atoms with E-state index < -0.39 is 6.03 Å². The molecular formula is C9H22N2O4. The van der Waals surface area contributed by atoms with E-state index in [0.29, 0.717) is 26.4 Å². The molecule has 6 heteroatoms. The van der Waals surface area contributed by atoms with Crippen molar-refractivity contribution in [3.05, 3.63) is 0 Å². The van der Waals surface area contributed by atoms with Crippen LogP contribution < -0.4 is 5.73 Å². The Balaban J connectivity index is 4.48. The Morgan fingerprint density at radius 1 is 0.867 bits per heavy atom. The highest BCUT2D eigenvalue weighted by Gasteiger charge is 2.37. The van der Waals surface area contributed by atoms with Gasteiger partial charge in [0, 0.05) is 5.23 Å². The molecule has 0 bridgehead atoms. The molecule has 0 atom stereocenters. The lowest BCUT2D eigenvalue weighted by atomic mass is 10.7. The fourth-order valence-electron chi connectivity index (χ4n) is 1.01. The van der Waals surface area contributed by atoms with E-state index in [1.807, 2.05) is 27.7 Å². The van der Waals surface area contributed by atoms with E-state index in [1.165, 1.54) is 0 Å². The molecule has 0 aliphatic carbocycles. The third-order valence-electron chi connectivity index (χ3n) is 1.45. The second-order valence-corrected chi connectivity index (χ2v) is 2.59. The van der Waals surface area contributed by atoms with Crippen LogP contribution in [-0.4, -0.2) is 37.7 Å².